The van der Waals surface area contributed by atoms with Crippen LogP contribution in [0.15, 0.2) is 27.9 Å². The first-order chi connectivity index (χ1) is 15.7. The molecule has 2 aromatic heterocycles. The van der Waals surface area contributed by atoms with E-state index in [1.807, 2.05) is 20.8 Å². The number of anilines is 2. The zero-order chi connectivity index (χ0) is 24.5. The van der Waals surface area contributed by atoms with E-state index in [2.05, 4.69) is 9.97 Å². The smallest absolute Gasteiger partial charge is 0.344 e. The number of rotatable bonds is 11. The molecule has 11 heteroatoms. The summed E-state index contributed by atoms with van der Waals surface area (Å²) >= 11 is 0. The first kappa shape index (κ1) is 25.6. The van der Waals surface area contributed by atoms with E-state index in [1.165, 1.54) is 16.8 Å². The van der Waals surface area contributed by atoms with Gasteiger partial charge in [-0.1, -0.05) is 27.2 Å². The van der Waals surface area contributed by atoms with Crippen LogP contribution in [0.1, 0.15) is 50.9 Å². The summed E-state index contributed by atoms with van der Waals surface area (Å²) in [5.41, 5.74) is 4.67. The van der Waals surface area contributed by atoms with Crippen molar-refractivity contribution in [3.05, 3.63) is 44.7 Å². The summed E-state index contributed by atoms with van der Waals surface area (Å²) in [6, 6.07) is 3.02. The number of H-pyrrole nitrogens is 1. The lowest BCUT2D eigenvalue weighted by Gasteiger charge is -2.26. The monoisotopic (exact) mass is 461 g/mol. The molecular formula is C22H31N5O6. The number of carbonyl (C=O) groups excluding carboxylic acids is 2. The van der Waals surface area contributed by atoms with Crippen molar-refractivity contribution in [1.82, 2.24) is 14.5 Å². The molecule has 0 bridgehead atoms. The zero-order valence-electron chi connectivity index (χ0n) is 19.4. The van der Waals surface area contributed by atoms with Crippen LogP contribution in [-0.4, -0.2) is 46.2 Å². The minimum atomic E-state index is -0.792. The number of hydrogen-bond acceptors (Lipinski definition) is 8. The molecule has 0 aliphatic rings. The Hall–Kier alpha value is -3.63. The highest BCUT2D eigenvalue weighted by Crippen LogP contribution is 2.20. The number of nitrogens with zero attached hydrogens (tertiary/aromatic N) is 3. The van der Waals surface area contributed by atoms with Gasteiger partial charge in [-0.2, -0.15) is 0 Å². The van der Waals surface area contributed by atoms with Gasteiger partial charge in [0, 0.05) is 19.3 Å². The highest BCUT2D eigenvalue weighted by molar-refractivity contribution is 5.99. The number of ether oxygens (including phenoxy) is 2. The number of amides is 1. The number of nitrogens with two attached hydrogens (primary N) is 1. The largest absolute Gasteiger partial charge is 0.477 e. The Bertz CT molecular complexity index is 1090. The van der Waals surface area contributed by atoms with Gasteiger partial charge in [-0.05, 0) is 31.4 Å². The number of esters is 1. The van der Waals surface area contributed by atoms with Crippen LogP contribution in [0.5, 0.6) is 5.88 Å². The van der Waals surface area contributed by atoms with Crippen molar-refractivity contribution >= 4 is 23.4 Å². The third-order valence-electron chi connectivity index (χ3n) is 4.67. The SMILES string of the molecule is CCCCn1c(N)c(N(CC(C)C)C(=O)COC(=O)c2cccnc2OCC)c(=O)[nH]c1=O. The maximum absolute atomic E-state index is 13.0. The van der Waals surface area contributed by atoms with E-state index in [1.54, 1.807) is 13.0 Å². The summed E-state index contributed by atoms with van der Waals surface area (Å²) < 4.78 is 11.7. The molecule has 0 atom stereocenters. The molecule has 0 spiro atoms. The molecule has 2 aromatic rings. The highest BCUT2D eigenvalue weighted by Gasteiger charge is 2.26. The van der Waals surface area contributed by atoms with Crippen LogP contribution in [0.4, 0.5) is 11.5 Å². The van der Waals surface area contributed by atoms with Crippen molar-refractivity contribution in [1.29, 1.82) is 0 Å². The van der Waals surface area contributed by atoms with Crippen LogP contribution in [0.25, 0.3) is 0 Å². The molecule has 180 valence electrons. The second kappa shape index (κ2) is 11.8. The van der Waals surface area contributed by atoms with Crippen LogP contribution >= 0.6 is 0 Å². The fourth-order valence-electron chi connectivity index (χ4n) is 3.14. The number of nitrogens with one attached hydrogen (secondary N) is 1. The van der Waals surface area contributed by atoms with E-state index in [0.717, 1.165) is 11.3 Å². The van der Waals surface area contributed by atoms with Crippen molar-refractivity contribution < 1.29 is 19.1 Å². The number of unbranched alkanes of at least 4 members (excludes halogenated alkanes) is 1. The quantitative estimate of drug-likeness (QED) is 0.479. The molecule has 0 aliphatic heterocycles. The first-order valence-electron chi connectivity index (χ1n) is 10.9. The van der Waals surface area contributed by atoms with Crippen molar-refractivity contribution in [2.75, 3.05) is 30.4 Å². The molecule has 0 unspecified atom stereocenters. The topological polar surface area (TPSA) is 150 Å². The van der Waals surface area contributed by atoms with Crippen molar-refractivity contribution in [3.8, 4) is 5.88 Å². The summed E-state index contributed by atoms with van der Waals surface area (Å²) in [7, 11) is 0. The number of aromatic amines is 1. The Kier molecular flexibility index (Phi) is 9.19. The minimum Gasteiger partial charge on any atom is -0.477 e. The Morgan fingerprint density at radius 3 is 2.64 bits per heavy atom. The summed E-state index contributed by atoms with van der Waals surface area (Å²) in [6.45, 7) is 7.50. The second-order valence-electron chi connectivity index (χ2n) is 7.76. The van der Waals surface area contributed by atoms with Gasteiger partial charge in [0.1, 0.15) is 11.4 Å². The van der Waals surface area contributed by atoms with E-state index >= 15 is 0 Å². The van der Waals surface area contributed by atoms with Crippen molar-refractivity contribution in [3.63, 3.8) is 0 Å². The molecule has 0 saturated carbocycles. The third kappa shape index (κ3) is 6.43. The first-order valence-corrected chi connectivity index (χ1v) is 10.9. The van der Waals surface area contributed by atoms with Gasteiger partial charge >= 0.3 is 11.7 Å². The van der Waals surface area contributed by atoms with E-state index in [9.17, 15) is 19.2 Å². The van der Waals surface area contributed by atoms with E-state index in [4.69, 9.17) is 15.2 Å². The molecule has 0 radical (unpaired) electrons. The lowest BCUT2D eigenvalue weighted by atomic mass is 10.2. The maximum atomic E-state index is 13.0. The van der Waals surface area contributed by atoms with Crippen molar-refractivity contribution in [2.24, 2.45) is 5.92 Å². The van der Waals surface area contributed by atoms with Gasteiger partial charge in [-0.25, -0.2) is 14.6 Å². The number of nitrogen functional groups attached to an aromatic ring is 1. The van der Waals surface area contributed by atoms with Crippen LogP contribution in [0.2, 0.25) is 0 Å². The number of hydrogen-bond donors (Lipinski definition) is 2. The minimum absolute atomic E-state index is 0.0395. The van der Waals surface area contributed by atoms with Gasteiger partial charge in [0.25, 0.3) is 11.5 Å². The van der Waals surface area contributed by atoms with E-state index in [-0.39, 0.29) is 35.4 Å². The molecule has 33 heavy (non-hydrogen) atoms. The number of pyridine rings is 1. The van der Waals surface area contributed by atoms with Crippen LogP contribution in [-0.2, 0) is 16.1 Å². The fourth-order valence-corrected chi connectivity index (χ4v) is 3.14. The Labute approximate surface area is 191 Å². The number of carbonyl (C=O) groups is 2. The molecule has 1 amide bonds. The normalized spacial score (nSPS) is 10.8. The molecular weight excluding hydrogens is 430 g/mol. The Balaban J connectivity index is 2.33. The average Bonchev–Trinajstić information content (AvgIpc) is 2.76. The summed E-state index contributed by atoms with van der Waals surface area (Å²) in [4.78, 5) is 57.8. The molecule has 0 aromatic carbocycles. The standard InChI is InChI=1S/C22H31N5O6/c1-5-7-11-26-18(23)17(19(29)25-22(26)31)27(12-14(3)4)16(28)13-33-21(30)15-9-8-10-24-20(15)32-6-2/h8-10,14H,5-7,11-13,23H2,1-4H3,(H,25,29,31). The summed E-state index contributed by atoms with van der Waals surface area (Å²) in [5, 5.41) is 0. The van der Waals surface area contributed by atoms with Gasteiger partial charge < -0.3 is 20.1 Å². The predicted molar refractivity (Wildman–Crippen MR) is 124 cm³/mol. The van der Waals surface area contributed by atoms with Gasteiger partial charge in [0.15, 0.2) is 12.3 Å². The predicted octanol–water partition coefficient (Wildman–Crippen LogP) is 1.56. The summed E-state index contributed by atoms with van der Waals surface area (Å²) in [6.07, 6.45) is 2.95. The van der Waals surface area contributed by atoms with E-state index < -0.39 is 29.7 Å². The lowest BCUT2D eigenvalue weighted by molar-refractivity contribution is -0.121. The molecule has 0 fully saturated rings. The summed E-state index contributed by atoms with van der Waals surface area (Å²) in [5.74, 6) is -1.50. The third-order valence-corrected chi connectivity index (χ3v) is 4.67. The second-order valence-corrected chi connectivity index (χ2v) is 7.76. The fraction of sp³-hybridized carbons (Fsp3) is 0.500. The van der Waals surface area contributed by atoms with Gasteiger partial charge in [0.05, 0.1) is 6.61 Å². The Morgan fingerprint density at radius 2 is 2.00 bits per heavy atom. The van der Waals surface area contributed by atoms with Gasteiger partial charge in [0.2, 0.25) is 5.88 Å². The zero-order valence-corrected chi connectivity index (χ0v) is 19.4. The molecule has 0 aliphatic carbocycles. The van der Waals surface area contributed by atoms with Crippen molar-refractivity contribution in [2.45, 2.75) is 47.1 Å². The lowest BCUT2D eigenvalue weighted by Crippen LogP contribution is -2.44. The van der Waals surface area contributed by atoms with Gasteiger partial charge in [-0.15, -0.1) is 0 Å². The highest BCUT2D eigenvalue weighted by atomic mass is 16.5. The van der Waals surface area contributed by atoms with Crippen LogP contribution < -0.4 is 26.6 Å². The Morgan fingerprint density at radius 1 is 1.27 bits per heavy atom. The van der Waals surface area contributed by atoms with E-state index in [0.29, 0.717) is 19.6 Å². The van der Waals surface area contributed by atoms with Crippen LogP contribution in [0, 0.1) is 5.92 Å². The average molecular weight is 462 g/mol. The molecule has 3 N–H and O–H groups in total. The molecule has 0 saturated heterocycles. The molecule has 2 heterocycles. The maximum Gasteiger partial charge on any atom is 0.344 e. The molecule has 11 nitrogen and oxygen atoms in total. The van der Waals surface area contributed by atoms with Gasteiger partial charge in [-0.3, -0.25) is 19.1 Å². The van der Waals surface area contributed by atoms with Crippen LogP contribution in [0.3, 0.4) is 0 Å². The molecule has 2 rings (SSSR count). The number of aromatic nitrogens is 3.